The van der Waals surface area contributed by atoms with E-state index in [9.17, 15) is 14.4 Å². The molecule has 0 bridgehead atoms. The van der Waals surface area contributed by atoms with Gasteiger partial charge in [0.15, 0.2) is 0 Å². The van der Waals surface area contributed by atoms with E-state index >= 15 is 0 Å². The molecule has 2 aromatic rings. The van der Waals surface area contributed by atoms with E-state index < -0.39 is 23.8 Å². The predicted molar refractivity (Wildman–Crippen MR) is 91.0 cm³/mol. The Morgan fingerprint density at radius 3 is 2.71 bits per heavy atom. The number of anilines is 2. The van der Waals surface area contributed by atoms with Crippen molar-refractivity contribution in [1.29, 1.82) is 0 Å². The quantitative estimate of drug-likeness (QED) is 0.799. The van der Waals surface area contributed by atoms with Crippen LogP contribution in [0.5, 0.6) is 0 Å². The van der Waals surface area contributed by atoms with Gasteiger partial charge in [-0.05, 0) is 30.3 Å². The van der Waals surface area contributed by atoms with Gasteiger partial charge in [-0.1, -0.05) is 29.8 Å². The number of carbonyl (C=O) groups excluding carboxylic acids is 3. The summed E-state index contributed by atoms with van der Waals surface area (Å²) in [5, 5.41) is 8.37. The van der Waals surface area contributed by atoms with Crippen molar-refractivity contribution in [3.63, 3.8) is 0 Å². The Balaban J connectivity index is 1.70. The zero-order chi connectivity index (χ0) is 17.1. The molecule has 1 heterocycles. The highest BCUT2D eigenvalue weighted by Crippen LogP contribution is 2.19. The highest BCUT2D eigenvalue weighted by Gasteiger charge is 2.29. The van der Waals surface area contributed by atoms with Crippen molar-refractivity contribution in [2.75, 3.05) is 10.6 Å². The third-order valence-electron chi connectivity index (χ3n) is 3.55. The largest absolute Gasteiger partial charge is 0.340 e. The van der Waals surface area contributed by atoms with Crippen molar-refractivity contribution in [2.45, 2.75) is 12.5 Å². The zero-order valence-corrected chi connectivity index (χ0v) is 13.3. The molecule has 3 amide bonds. The van der Waals surface area contributed by atoms with Crippen LogP contribution in [-0.4, -0.2) is 23.8 Å². The first kappa shape index (κ1) is 16.0. The van der Waals surface area contributed by atoms with Crippen molar-refractivity contribution in [3.05, 3.63) is 59.1 Å². The fourth-order valence-corrected chi connectivity index (χ4v) is 2.61. The van der Waals surface area contributed by atoms with Gasteiger partial charge >= 0.3 is 0 Å². The van der Waals surface area contributed by atoms with Crippen LogP contribution in [0.15, 0.2) is 48.5 Å². The third kappa shape index (κ3) is 3.55. The van der Waals surface area contributed by atoms with Crippen molar-refractivity contribution < 1.29 is 14.4 Å². The van der Waals surface area contributed by atoms with E-state index in [-0.39, 0.29) is 6.42 Å². The van der Waals surface area contributed by atoms with E-state index in [1.54, 1.807) is 48.5 Å². The van der Waals surface area contributed by atoms with E-state index in [1.165, 1.54) is 0 Å². The van der Waals surface area contributed by atoms with Crippen LogP contribution in [0, 0.1) is 0 Å². The van der Waals surface area contributed by atoms with Gasteiger partial charge in [0, 0.05) is 10.7 Å². The summed E-state index contributed by atoms with van der Waals surface area (Å²) < 4.78 is 0. The predicted octanol–water partition coefficient (Wildman–Crippen LogP) is 2.42. The Labute approximate surface area is 143 Å². The minimum Gasteiger partial charge on any atom is -0.340 e. The van der Waals surface area contributed by atoms with E-state index in [0.29, 0.717) is 22.0 Å². The Kier molecular flexibility index (Phi) is 4.48. The lowest BCUT2D eigenvalue weighted by molar-refractivity contribution is -0.122. The first-order chi connectivity index (χ1) is 11.5. The molecule has 0 saturated carbocycles. The number of hydrogen-bond acceptors (Lipinski definition) is 3. The van der Waals surface area contributed by atoms with Gasteiger partial charge in [-0.3, -0.25) is 14.4 Å². The van der Waals surface area contributed by atoms with Crippen LogP contribution in [0.1, 0.15) is 16.8 Å². The number of fused-ring (bicyclic) bond motifs is 1. The fraction of sp³-hybridized carbons (Fsp3) is 0.118. The molecule has 0 radical (unpaired) electrons. The highest BCUT2D eigenvalue weighted by atomic mass is 35.5. The number of carbonyl (C=O) groups is 3. The standard InChI is InChI=1S/C17H14ClN3O3/c18-10-4-3-5-11(8-10)19-15(22)9-14-17(24)20-13-7-2-1-6-12(13)16(23)21-14/h1-8,14H,9H2,(H,19,22)(H,20,24)(H,21,23)/t14-/m1/s1. The van der Waals surface area contributed by atoms with Crippen LogP contribution >= 0.6 is 11.6 Å². The van der Waals surface area contributed by atoms with Crippen molar-refractivity contribution in [2.24, 2.45) is 0 Å². The van der Waals surface area contributed by atoms with E-state index in [0.717, 1.165) is 0 Å². The zero-order valence-electron chi connectivity index (χ0n) is 12.5. The normalized spacial score (nSPS) is 16.5. The molecule has 0 fully saturated rings. The number of hydrogen-bond donors (Lipinski definition) is 3. The summed E-state index contributed by atoms with van der Waals surface area (Å²) in [6, 6.07) is 12.4. The molecule has 6 nitrogen and oxygen atoms in total. The molecule has 3 rings (SSSR count). The summed E-state index contributed by atoms with van der Waals surface area (Å²) >= 11 is 5.86. The number of amides is 3. The molecule has 7 heteroatoms. The summed E-state index contributed by atoms with van der Waals surface area (Å²) in [6.07, 6.45) is -0.182. The second kappa shape index (κ2) is 6.72. The van der Waals surface area contributed by atoms with Crippen molar-refractivity contribution >= 4 is 40.7 Å². The molecule has 2 aromatic carbocycles. The fourth-order valence-electron chi connectivity index (χ4n) is 2.42. The Hall–Kier alpha value is -2.86. The molecule has 0 aromatic heterocycles. The van der Waals surface area contributed by atoms with Crippen LogP contribution in [-0.2, 0) is 9.59 Å². The van der Waals surface area contributed by atoms with E-state index in [1.807, 2.05) is 0 Å². The van der Waals surface area contributed by atoms with Gasteiger partial charge < -0.3 is 16.0 Å². The maximum Gasteiger partial charge on any atom is 0.254 e. The maximum absolute atomic E-state index is 12.2. The van der Waals surface area contributed by atoms with E-state index in [4.69, 9.17) is 11.6 Å². The summed E-state index contributed by atoms with van der Waals surface area (Å²) in [7, 11) is 0. The molecule has 0 aliphatic carbocycles. The second-order valence-corrected chi connectivity index (χ2v) is 5.76. The summed E-state index contributed by atoms with van der Waals surface area (Å²) in [5.41, 5.74) is 1.32. The lowest BCUT2D eigenvalue weighted by Crippen LogP contribution is -2.43. The maximum atomic E-state index is 12.2. The van der Waals surface area contributed by atoms with Gasteiger partial charge in [-0.25, -0.2) is 0 Å². The molecular formula is C17H14ClN3O3. The van der Waals surface area contributed by atoms with Crippen molar-refractivity contribution in [1.82, 2.24) is 5.32 Å². The highest BCUT2D eigenvalue weighted by molar-refractivity contribution is 6.30. The van der Waals surface area contributed by atoms with Crippen LogP contribution < -0.4 is 16.0 Å². The first-order valence-corrected chi connectivity index (χ1v) is 7.67. The van der Waals surface area contributed by atoms with Crippen LogP contribution in [0.2, 0.25) is 5.02 Å². The molecule has 0 spiro atoms. The van der Waals surface area contributed by atoms with Gasteiger partial charge in [-0.15, -0.1) is 0 Å². The van der Waals surface area contributed by atoms with Gasteiger partial charge in [0.25, 0.3) is 5.91 Å². The lowest BCUT2D eigenvalue weighted by atomic mass is 10.1. The number of para-hydroxylation sites is 1. The monoisotopic (exact) mass is 343 g/mol. The van der Waals surface area contributed by atoms with Crippen molar-refractivity contribution in [3.8, 4) is 0 Å². The van der Waals surface area contributed by atoms with Gasteiger partial charge in [0.2, 0.25) is 11.8 Å². The minimum atomic E-state index is -0.955. The molecule has 1 aliphatic rings. The number of nitrogens with one attached hydrogen (secondary N) is 3. The average Bonchev–Trinajstić information content (AvgIpc) is 2.65. The summed E-state index contributed by atoms with van der Waals surface area (Å²) in [5.74, 6) is -1.23. The molecule has 122 valence electrons. The SMILES string of the molecule is O=C(C[C@H]1NC(=O)c2ccccc2NC1=O)Nc1cccc(Cl)c1. The average molecular weight is 344 g/mol. The second-order valence-electron chi connectivity index (χ2n) is 5.32. The minimum absolute atomic E-state index is 0.182. The molecule has 3 N–H and O–H groups in total. The number of halogens is 1. The topological polar surface area (TPSA) is 87.3 Å². The van der Waals surface area contributed by atoms with Gasteiger partial charge in [0.05, 0.1) is 17.7 Å². The Morgan fingerprint density at radius 1 is 1.12 bits per heavy atom. The summed E-state index contributed by atoms with van der Waals surface area (Å²) in [4.78, 5) is 36.6. The van der Waals surface area contributed by atoms with E-state index in [2.05, 4.69) is 16.0 Å². The first-order valence-electron chi connectivity index (χ1n) is 7.29. The van der Waals surface area contributed by atoms with Gasteiger partial charge in [0.1, 0.15) is 6.04 Å². The lowest BCUT2D eigenvalue weighted by Gasteiger charge is -2.14. The van der Waals surface area contributed by atoms with Crippen LogP contribution in [0.3, 0.4) is 0 Å². The molecular weight excluding hydrogens is 330 g/mol. The summed E-state index contributed by atoms with van der Waals surface area (Å²) in [6.45, 7) is 0. The van der Waals surface area contributed by atoms with Gasteiger partial charge in [-0.2, -0.15) is 0 Å². The molecule has 1 atom stereocenters. The number of benzene rings is 2. The molecule has 1 aliphatic heterocycles. The number of rotatable bonds is 3. The Morgan fingerprint density at radius 2 is 1.92 bits per heavy atom. The third-order valence-corrected chi connectivity index (χ3v) is 3.78. The Bertz CT molecular complexity index is 822. The smallest absolute Gasteiger partial charge is 0.254 e. The van der Waals surface area contributed by atoms with Crippen LogP contribution in [0.4, 0.5) is 11.4 Å². The molecule has 24 heavy (non-hydrogen) atoms. The molecule has 0 unspecified atom stereocenters. The molecule has 0 saturated heterocycles. The van der Waals surface area contributed by atoms with Crippen LogP contribution in [0.25, 0.3) is 0 Å².